The van der Waals surface area contributed by atoms with Gasteiger partial charge in [0, 0.05) is 12.0 Å². The molecule has 0 aliphatic heterocycles. The largest absolute Gasteiger partial charge is 0.374 e. The summed E-state index contributed by atoms with van der Waals surface area (Å²) in [6.07, 6.45) is -2.50. The van der Waals surface area contributed by atoms with Crippen molar-refractivity contribution in [2.24, 2.45) is 0 Å². The lowest BCUT2D eigenvalue weighted by molar-refractivity contribution is 0.0188. The van der Waals surface area contributed by atoms with Crippen molar-refractivity contribution in [3.05, 3.63) is 11.6 Å². The van der Waals surface area contributed by atoms with Crippen LogP contribution in [0, 0.1) is 0 Å². The van der Waals surface area contributed by atoms with E-state index in [2.05, 4.69) is 25.2 Å². The Hall–Kier alpha value is -1.57. The average Bonchev–Trinajstić information content (AvgIpc) is 2.76. The molecule has 1 aromatic rings. The molecule has 1 heterocycles. The van der Waals surface area contributed by atoms with E-state index in [9.17, 15) is 13.6 Å². The first-order chi connectivity index (χ1) is 8.80. The Bertz CT molecular complexity index is 415. The van der Waals surface area contributed by atoms with Crippen LogP contribution in [0.15, 0.2) is 0 Å². The van der Waals surface area contributed by atoms with Gasteiger partial charge in [-0.1, -0.05) is 20.8 Å². The second kappa shape index (κ2) is 6.55. The third-order valence-corrected chi connectivity index (χ3v) is 2.17. The summed E-state index contributed by atoms with van der Waals surface area (Å²) in [7, 11) is 0. The molecule has 2 N–H and O–H groups in total. The molecular formula is C11H18F2N4O2. The number of rotatable bonds is 6. The molecule has 6 nitrogen and oxygen atoms in total. The maximum atomic E-state index is 11.8. The second-order valence-corrected chi connectivity index (χ2v) is 4.98. The van der Waals surface area contributed by atoms with Crippen molar-refractivity contribution in [3.8, 4) is 0 Å². The number of amides is 1. The molecule has 1 aromatic heterocycles. The molecule has 19 heavy (non-hydrogen) atoms. The Morgan fingerprint density at radius 1 is 1.47 bits per heavy atom. The molecule has 1 amide bonds. The van der Waals surface area contributed by atoms with Crippen LogP contribution in [0.3, 0.4) is 0 Å². The Balaban J connectivity index is 2.36. The first-order valence-electron chi connectivity index (χ1n) is 5.87. The van der Waals surface area contributed by atoms with Crippen LogP contribution in [0.1, 0.15) is 37.2 Å². The molecule has 0 bridgehead atoms. The lowest BCUT2D eigenvalue weighted by atomic mass is 9.96. The van der Waals surface area contributed by atoms with Gasteiger partial charge in [0.1, 0.15) is 12.4 Å². The summed E-state index contributed by atoms with van der Waals surface area (Å²) >= 11 is 0. The van der Waals surface area contributed by atoms with E-state index in [1.165, 1.54) is 0 Å². The van der Waals surface area contributed by atoms with Crippen molar-refractivity contribution >= 4 is 5.91 Å². The van der Waals surface area contributed by atoms with Crippen LogP contribution in [0.5, 0.6) is 0 Å². The minimum Gasteiger partial charge on any atom is -0.374 e. The lowest BCUT2D eigenvalue weighted by Gasteiger charge is -2.12. The zero-order valence-electron chi connectivity index (χ0n) is 11.2. The summed E-state index contributed by atoms with van der Waals surface area (Å²) in [5.41, 5.74) is -0.230. The molecule has 0 unspecified atom stereocenters. The monoisotopic (exact) mass is 276 g/mol. The number of carbonyl (C=O) groups is 1. The highest BCUT2D eigenvalue weighted by Crippen LogP contribution is 2.17. The van der Waals surface area contributed by atoms with Gasteiger partial charge in [0.05, 0.1) is 6.61 Å². The second-order valence-electron chi connectivity index (χ2n) is 4.98. The normalized spacial score (nSPS) is 11.9. The number of halogens is 2. The maximum absolute atomic E-state index is 11.8. The molecule has 108 valence electrons. The highest BCUT2D eigenvalue weighted by atomic mass is 19.3. The third-order valence-electron chi connectivity index (χ3n) is 2.17. The van der Waals surface area contributed by atoms with Crippen LogP contribution in [-0.2, 0) is 10.2 Å². The van der Waals surface area contributed by atoms with E-state index >= 15 is 0 Å². The van der Waals surface area contributed by atoms with Gasteiger partial charge in [-0.2, -0.15) is 0 Å². The first-order valence-corrected chi connectivity index (χ1v) is 5.87. The Labute approximate surface area is 109 Å². The smallest absolute Gasteiger partial charge is 0.291 e. The van der Waals surface area contributed by atoms with Crippen LogP contribution in [0.4, 0.5) is 8.78 Å². The predicted molar refractivity (Wildman–Crippen MR) is 64.2 cm³/mol. The van der Waals surface area contributed by atoms with Crippen molar-refractivity contribution in [3.63, 3.8) is 0 Å². The fourth-order valence-electron chi connectivity index (χ4n) is 1.19. The fourth-order valence-corrected chi connectivity index (χ4v) is 1.19. The van der Waals surface area contributed by atoms with Crippen molar-refractivity contribution < 1.29 is 18.3 Å². The molecule has 8 heteroatoms. The number of nitrogens with one attached hydrogen (secondary N) is 2. The van der Waals surface area contributed by atoms with E-state index < -0.39 is 18.9 Å². The summed E-state index contributed by atoms with van der Waals surface area (Å²) in [4.78, 5) is 15.7. The van der Waals surface area contributed by atoms with Gasteiger partial charge in [-0.15, -0.1) is 5.10 Å². The highest BCUT2D eigenvalue weighted by Gasteiger charge is 2.20. The van der Waals surface area contributed by atoms with Crippen LogP contribution >= 0.6 is 0 Å². The Morgan fingerprint density at radius 3 is 2.68 bits per heavy atom. The third kappa shape index (κ3) is 5.29. The topological polar surface area (TPSA) is 79.9 Å². The molecular weight excluding hydrogens is 258 g/mol. The molecule has 1 rings (SSSR count). The van der Waals surface area contributed by atoms with Gasteiger partial charge >= 0.3 is 0 Å². The molecule has 0 fully saturated rings. The number of hydrogen-bond acceptors (Lipinski definition) is 4. The van der Waals surface area contributed by atoms with Gasteiger partial charge in [0.2, 0.25) is 5.82 Å². The minimum absolute atomic E-state index is 0.0205. The van der Waals surface area contributed by atoms with E-state index in [1.54, 1.807) is 0 Å². The van der Waals surface area contributed by atoms with Crippen molar-refractivity contribution in [2.75, 3.05) is 19.8 Å². The number of aromatic amines is 1. The van der Waals surface area contributed by atoms with Crippen LogP contribution in [0.2, 0.25) is 0 Å². The van der Waals surface area contributed by atoms with Gasteiger partial charge < -0.3 is 10.1 Å². The first kappa shape index (κ1) is 15.5. The van der Waals surface area contributed by atoms with E-state index in [4.69, 9.17) is 0 Å². The fraction of sp³-hybridized carbons (Fsp3) is 0.727. The number of aromatic nitrogens is 3. The lowest BCUT2D eigenvalue weighted by Crippen LogP contribution is -2.28. The van der Waals surface area contributed by atoms with Crippen molar-refractivity contribution in [1.29, 1.82) is 0 Å². The van der Waals surface area contributed by atoms with Gasteiger partial charge in [0.15, 0.2) is 0 Å². The molecule has 0 aliphatic rings. The van der Waals surface area contributed by atoms with Crippen LogP contribution in [-0.4, -0.2) is 47.3 Å². The number of alkyl halides is 2. The maximum Gasteiger partial charge on any atom is 0.291 e. The van der Waals surface area contributed by atoms with Gasteiger partial charge in [-0.05, 0) is 0 Å². The van der Waals surface area contributed by atoms with Crippen LogP contribution < -0.4 is 5.32 Å². The van der Waals surface area contributed by atoms with E-state index in [0.717, 1.165) is 0 Å². The zero-order valence-corrected chi connectivity index (χ0v) is 11.2. The summed E-state index contributed by atoms with van der Waals surface area (Å²) in [5.74, 6) is 0.165. The number of nitrogens with zero attached hydrogens (tertiary/aromatic N) is 2. The number of ether oxygens (including phenoxy) is 1. The summed E-state index contributed by atoms with van der Waals surface area (Å²) in [6, 6.07) is 0. The molecule has 0 aromatic carbocycles. The molecule has 0 aliphatic carbocycles. The molecule has 0 saturated heterocycles. The molecule has 0 saturated carbocycles. The highest BCUT2D eigenvalue weighted by molar-refractivity contribution is 5.90. The Kier molecular flexibility index (Phi) is 5.34. The average molecular weight is 276 g/mol. The predicted octanol–water partition coefficient (Wildman–Crippen LogP) is 1.11. The number of H-pyrrole nitrogens is 1. The number of hydrogen-bond donors (Lipinski definition) is 2. The summed E-state index contributed by atoms with van der Waals surface area (Å²) in [5, 5.41) is 8.98. The zero-order chi connectivity index (χ0) is 14.5. The molecule has 0 radical (unpaired) electrons. The number of carbonyl (C=O) groups excluding carboxylic acids is 1. The van der Waals surface area contributed by atoms with Gasteiger partial charge in [-0.3, -0.25) is 9.89 Å². The summed E-state index contributed by atoms with van der Waals surface area (Å²) in [6.45, 7) is 5.33. The standard InChI is InChI=1S/C11H18F2N4O2/c1-11(2,3)10-15-8(16-17-10)9(18)14-4-5-19-6-7(12)13/h7H,4-6H2,1-3H3,(H,14,18)(H,15,16,17). The van der Waals surface area contributed by atoms with E-state index in [0.29, 0.717) is 5.82 Å². The Morgan fingerprint density at radius 2 is 2.16 bits per heavy atom. The van der Waals surface area contributed by atoms with E-state index in [1.807, 2.05) is 20.8 Å². The van der Waals surface area contributed by atoms with Crippen molar-refractivity contribution in [2.45, 2.75) is 32.6 Å². The SMILES string of the molecule is CC(C)(C)c1nc(C(=O)NCCOCC(F)F)n[nH]1. The van der Waals surface area contributed by atoms with Gasteiger partial charge in [0.25, 0.3) is 12.3 Å². The molecule has 0 atom stereocenters. The van der Waals surface area contributed by atoms with E-state index in [-0.39, 0.29) is 24.4 Å². The quantitative estimate of drug-likeness (QED) is 0.763. The van der Waals surface area contributed by atoms with Gasteiger partial charge in [-0.25, -0.2) is 13.8 Å². The van der Waals surface area contributed by atoms with Crippen molar-refractivity contribution in [1.82, 2.24) is 20.5 Å². The molecule has 0 spiro atoms. The minimum atomic E-state index is -2.50. The summed E-state index contributed by atoms with van der Waals surface area (Å²) < 4.78 is 28.2. The van der Waals surface area contributed by atoms with Crippen LogP contribution in [0.25, 0.3) is 0 Å².